The molecule has 0 N–H and O–H groups in total. The Morgan fingerprint density at radius 2 is 2.09 bits per heavy atom. The molecule has 0 amide bonds. The number of hydrogen-bond donors (Lipinski definition) is 0. The molecule has 2 heteroatoms. The van der Waals surface area contributed by atoms with E-state index in [0.29, 0.717) is 11.5 Å². The van der Waals surface area contributed by atoms with Crippen LogP contribution in [0.2, 0.25) is 0 Å². The van der Waals surface area contributed by atoms with E-state index < -0.39 is 0 Å². The summed E-state index contributed by atoms with van der Waals surface area (Å²) < 4.78 is 0. The van der Waals surface area contributed by atoms with E-state index in [1.807, 2.05) is 0 Å². The molecule has 0 spiro atoms. The number of hydrogen-bond acceptors (Lipinski definition) is 2. The first-order valence-corrected chi connectivity index (χ1v) is 4.47. The van der Waals surface area contributed by atoms with Gasteiger partial charge in [-0.2, -0.15) is 10.2 Å². The molecule has 1 rings (SSSR count). The normalized spacial score (nSPS) is 31.0. The molecule has 0 aromatic rings. The van der Waals surface area contributed by atoms with Crippen molar-refractivity contribution in [1.29, 1.82) is 0 Å². The second-order valence-electron chi connectivity index (χ2n) is 4.32. The molecule has 1 atom stereocenters. The van der Waals surface area contributed by atoms with Crippen molar-refractivity contribution in [2.24, 2.45) is 15.6 Å². The van der Waals surface area contributed by atoms with Gasteiger partial charge in [0.1, 0.15) is 0 Å². The Labute approximate surface area is 69.1 Å². The van der Waals surface area contributed by atoms with Gasteiger partial charge in [-0.15, -0.1) is 0 Å². The van der Waals surface area contributed by atoms with Crippen molar-refractivity contribution >= 4 is 0 Å². The second-order valence-corrected chi connectivity index (χ2v) is 4.32. The van der Waals surface area contributed by atoms with Crippen LogP contribution in [-0.2, 0) is 0 Å². The molecule has 0 radical (unpaired) electrons. The fourth-order valence-electron chi connectivity index (χ4n) is 1.38. The minimum atomic E-state index is 0.379. The van der Waals surface area contributed by atoms with Crippen molar-refractivity contribution in [2.45, 2.75) is 46.1 Å². The van der Waals surface area contributed by atoms with Gasteiger partial charge < -0.3 is 0 Å². The average Bonchev–Trinajstić information content (AvgIpc) is 1.83. The van der Waals surface area contributed by atoms with Crippen molar-refractivity contribution in [2.75, 3.05) is 6.54 Å². The quantitative estimate of drug-likeness (QED) is 0.512. The maximum absolute atomic E-state index is 4.20. The van der Waals surface area contributed by atoms with E-state index in [0.717, 1.165) is 6.54 Å². The SMILES string of the molecule is CC1CCCC(C)(C)CN=N1. The molecule has 2 nitrogen and oxygen atoms in total. The fourth-order valence-corrected chi connectivity index (χ4v) is 1.38. The van der Waals surface area contributed by atoms with E-state index in [1.165, 1.54) is 19.3 Å². The van der Waals surface area contributed by atoms with Crippen LogP contribution >= 0.6 is 0 Å². The molecule has 0 aromatic carbocycles. The molecule has 1 aliphatic rings. The van der Waals surface area contributed by atoms with Gasteiger partial charge in [-0.25, -0.2) is 0 Å². The minimum absolute atomic E-state index is 0.379. The monoisotopic (exact) mass is 154 g/mol. The Morgan fingerprint density at radius 3 is 2.82 bits per heavy atom. The van der Waals surface area contributed by atoms with Gasteiger partial charge in [-0.3, -0.25) is 0 Å². The summed E-state index contributed by atoms with van der Waals surface area (Å²) in [7, 11) is 0. The highest BCUT2D eigenvalue weighted by Gasteiger charge is 2.19. The molecule has 0 bridgehead atoms. The number of nitrogens with zero attached hydrogens (tertiary/aromatic N) is 2. The zero-order valence-electron chi connectivity index (χ0n) is 7.80. The second kappa shape index (κ2) is 3.33. The van der Waals surface area contributed by atoms with Crippen LogP contribution in [0, 0.1) is 5.41 Å². The van der Waals surface area contributed by atoms with E-state index in [4.69, 9.17) is 0 Å². The van der Waals surface area contributed by atoms with Gasteiger partial charge >= 0.3 is 0 Å². The zero-order chi connectivity index (χ0) is 8.32. The standard InChI is InChI=1S/C9H18N2/c1-8-5-4-6-9(2,3)7-10-11-8/h8H,4-7H2,1-3H3. The van der Waals surface area contributed by atoms with Crippen LogP contribution in [-0.4, -0.2) is 12.6 Å². The van der Waals surface area contributed by atoms with Crippen molar-refractivity contribution in [3.8, 4) is 0 Å². The van der Waals surface area contributed by atoms with Gasteiger partial charge in [0.15, 0.2) is 0 Å². The van der Waals surface area contributed by atoms with E-state index in [1.54, 1.807) is 0 Å². The van der Waals surface area contributed by atoms with Gasteiger partial charge in [-0.05, 0) is 25.2 Å². The summed E-state index contributed by atoms with van der Waals surface area (Å²) in [6.07, 6.45) is 3.79. The molecule has 11 heavy (non-hydrogen) atoms. The highest BCUT2D eigenvalue weighted by atomic mass is 15.1. The van der Waals surface area contributed by atoms with Gasteiger partial charge in [0.2, 0.25) is 0 Å². The maximum Gasteiger partial charge on any atom is 0.0680 e. The van der Waals surface area contributed by atoms with Crippen LogP contribution in [0.15, 0.2) is 10.2 Å². The molecule has 0 saturated heterocycles. The highest BCUT2D eigenvalue weighted by molar-refractivity contribution is 4.74. The zero-order valence-corrected chi connectivity index (χ0v) is 7.80. The van der Waals surface area contributed by atoms with Crippen LogP contribution in [0.1, 0.15) is 40.0 Å². The van der Waals surface area contributed by atoms with Gasteiger partial charge in [-0.1, -0.05) is 20.3 Å². The molecular formula is C9H18N2. The van der Waals surface area contributed by atoms with Crippen LogP contribution in [0.3, 0.4) is 0 Å². The van der Waals surface area contributed by atoms with Crippen molar-refractivity contribution in [1.82, 2.24) is 0 Å². The van der Waals surface area contributed by atoms with Crippen LogP contribution in [0.5, 0.6) is 0 Å². The summed E-state index contributed by atoms with van der Waals surface area (Å²) in [6.45, 7) is 7.57. The fraction of sp³-hybridized carbons (Fsp3) is 1.00. The molecule has 1 aliphatic heterocycles. The molecule has 1 unspecified atom stereocenters. The summed E-state index contributed by atoms with van der Waals surface area (Å²) in [6, 6.07) is 0.450. The minimum Gasteiger partial charge on any atom is -0.193 e. The Hall–Kier alpha value is -0.400. The van der Waals surface area contributed by atoms with Crippen molar-refractivity contribution in [3.05, 3.63) is 0 Å². The summed E-state index contributed by atoms with van der Waals surface area (Å²) in [5.74, 6) is 0. The molecule has 0 fully saturated rings. The molecular weight excluding hydrogens is 136 g/mol. The van der Waals surface area contributed by atoms with E-state index in [9.17, 15) is 0 Å². The topological polar surface area (TPSA) is 24.7 Å². The van der Waals surface area contributed by atoms with Gasteiger partial charge in [0.25, 0.3) is 0 Å². The summed E-state index contributed by atoms with van der Waals surface area (Å²) in [4.78, 5) is 0. The average molecular weight is 154 g/mol. The number of rotatable bonds is 0. The smallest absolute Gasteiger partial charge is 0.0680 e. The van der Waals surface area contributed by atoms with Crippen LogP contribution in [0.4, 0.5) is 0 Å². The predicted octanol–water partition coefficient (Wildman–Crippen LogP) is 3.04. The lowest BCUT2D eigenvalue weighted by atomic mass is 9.86. The largest absolute Gasteiger partial charge is 0.193 e. The summed E-state index contributed by atoms with van der Waals surface area (Å²) >= 11 is 0. The highest BCUT2D eigenvalue weighted by Crippen LogP contribution is 2.26. The van der Waals surface area contributed by atoms with Crippen LogP contribution in [0.25, 0.3) is 0 Å². The van der Waals surface area contributed by atoms with E-state index in [-0.39, 0.29) is 0 Å². The lowest BCUT2D eigenvalue weighted by molar-refractivity contribution is 0.307. The van der Waals surface area contributed by atoms with E-state index >= 15 is 0 Å². The first-order valence-electron chi connectivity index (χ1n) is 4.47. The Kier molecular flexibility index (Phi) is 2.63. The molecule has 0 aliphatic carbocycles. The lowest BCUT2D eigenvalue weighted by Gasteiger charge is -2.24. The first kappa shape index (κ1) is 8.69. The van der Waals surface area contributed by atoms with Crippen molar-refractivity contribution < 1.29 is 0 Å². The van der Waals surface area contributed by atoms with Crippen molar-refractivity contribution in [3.63, 3.8) is 0 Å². The predicted molar refractivity (Wildman–Crippen MR) is 46.8 cm³/mol. The Balaban J connectivity index is 2.51. The van der Waals surface area contributed by atoms with E-state index in [2.05, 4.69) is 31.0 Å². The molecule has 0 saturated carbocycles. The lowest BCUT2D eigenvalue weighted by Crippen LogP contribution is -2.18. The number of azo groups is 1. The molecule has 1 heterocycles. The summed E-state index contributed by atoms with van der Waals surface area (Å²) in [5, 5.41) is 8.39. The van der Waals surface area contributed by atoms with Gasteiger partial charge in [0, 0.05) is 0 Å². The third kappa shape index (κ3) is 3.00. The van der Waals surface area contributed by atoms with Gasteiger partial charge in [0.05, 0.1) is 12.6 Å². The molecule has 64 valence electrons. The van der Waals surface area contributed by atoms with Crippen LogP contribution < -0.4 is 0 Å². The third-order valence-corrected chi connectivity index (χ3v) is 2.25. The first-order chi connectivity index (χ1) is 5.10. The Morgan fingerprint density at radius 1 is 1.36 bits per heavy atom. The summed E-state index contributed by atoms with van der Waals surface area (Å²) in [5.41, 5.74) is 0.379. The Bertz CT molecular complexity index is 150. The molecule has 0 aromatic heterocycles. The third-order valence-electron chi connectivity index (χ3n) is 2.25. The maximum atomic E-state index is 4.20.